The molecule has 0 aromatic carbocycles. The van der Waals surface area contributed by atoms with Gasteiger partial charge in [-0.3, -0.25) is 0 Å². The van der Waals surface area contributed by atoms with Crippen molar-refractivity contribution in [3.05, 3.63) is 25.8 Å². The van der Waals surface area contributed by atoms with Crippen molar-refractivity contribution in [1.82, 2.24) is 0 Å². The Balaban J connectivity index is -0.000000120. The fraction of sp³-hybridized carbons (Fsp3) is 0.810. The Morgan fingerprint density at radius 3 is 1.14 bits per heavy atom. The van der Waals surface area contributed by atoms with Crippen LogP contribution in [0.4, 0.5) is 0 Å². The van der Waals surface area contributed by atoms with Gasteiger partial charge in [0.1, 0.15) is 0 Å². The molecule has 0 saturated heterocycles. The fourth-order valence-corrected chi connectivity index (χ4v) is 1.92. The molecule has 0 bridgehead atoms. The third kappa shape index (κ3) is 45.2. The predicted molar refractivity (Wildman–Crippen MR) is 105 cm³/mol. The van der Waals surface area contributed by atoms with Gasteiger partial charge in [-0.1, -0.05) is 105 Å². The lowest BCUT2D eigenvalue weighted by Gasteiger charge is -1.97. The summed E-state index contributed by atoms with van der Waals surface area (Å²) in [4.78, 5) is 0. The summed E-state index contributed by atoms with van der Waals surface area (Å²) in [6.45, 7) is 16.4. The Morgan fingerprint density at radius 2 is 0.857 bits per heavy atom. The first-order chi connectivity index (χ1) is 9.83. The van der Waals surface area contributed by atoms with E-state index >= 15 is 0 Å². The van der Waals surface area contributed by atoms with Crippen molar-refractivity contribution in [2.75, 3.05) is 0 Å². The van der Waals surface area contributed by atoms with Crippen LogP contribution in [0.15, 0.2) is 25.8 Å². The van der Waals surface area contributed by atoms with Gasteiger partial charge in [0.2, 0.25) is 0 Å². The van der Waals surface area contributed by atoms with Gasteiger partial charge in [-0.05, 0) is 12.8 Å². The molecule has 0 heteroatoms. The van der Waals surface area contributed by atoms with Crippen LogP contribution in [-0.4, -0.2) is 0 Å². The summed E-state index contributed by atoms with van der Waals surface area (Å²) >= 11 is 0. The van der Waals surface area contributed by atoms with Gasteiger partial charge in [0.25, 0.3) is 0 Å². The SMILES string of the molecule is C.C=C.C=CCCCCCC.CCCCCCCCCC. The van der Waals surface area contributed by atoms with Gasteiger partial charge >= 0.3 is 0 Å². The number of unbranched alkanes of at least 4 members (excludes halogenated alkanes) is 11. The quantitative estimate of drug-likeness (QED) is 0.249. The van der Waals surface area contributed by atoms with E-state index in [0.29, 0.717) is 0 Å². The standard InChI is InChI=1S/C10H22.C8H16.C2H4.CH4/c1-3-5-7-9-10-8-6-4-2;1-3-5-7-8-6-4-2;1-2;/h3-10H2,1-2H3;3H,1,4-8H2,2H3;1-2H2;1H4. The Morgan fingerprint density at radius 1 is 0.571 bits per heavy atom. The van der Waals surface area contributed by atoms with E-state index in [1.807, 2.05) is 6.08 Å². The molecule has 0 rings (SSSR count). The van der Waals surface area contributed by atoms with Crippen LogP contribution >= 0.6 is 0 Å². The fourth-order valence-electron chi connectivity index (χ4n) is 1.92. The van der Waals surface area contributed by atoms with Gasteiger partial charge < -0.3 is 0 Å². The second-order valence-corrected chi connectivity index (χ2v) is 5.26. The Labute approximate surface area is 138 Å². The van der Waals surface area contributed by atoms with Crippen molar-refractivity contribution in [3.63, 3.8) is 0 Å². The lowest BCUT2D eigenvalue weighted by atomic mass is 10.1. The minimum atomic E-state index is 0. The molecule has 0 aromatic heterocycles. The van der Waals surface area contributed by atoms with Crippen LogP contribution in [0.2, 0.25) is 0 Å². The summed E-state index contributed by atoms with van der Waals surface area (Å²) < 4.78 is 0. The summed E-state index contributed by atoms with van der Waals surface area (Å²) in [5.74, 6) is 0. The summed E-state index contributed by atoms with van der Waals surface area (Å²) in [5, 5.41) is 0. The summed E-state index contributed by atoms with van der Waals surface area (Å²) in [6.07, 6.45) is 20.1. The third-order valence-corrected chi connectivity index (χ3v) is 3.22. The summed E-state index contributed by atoms with van der Waals surface area (Å²) in [5.41, 5.74) is 0. The summed E-state index contributed by atoms with van der Waals surface area (Å²) in [7, 11) is 0. The molecular formula is C21H46. The normalized spacial score (nSPS) is 8.52. The smallest absolute Gasteiger partial charge is 0.0353 e. The molecule has 0 atom stereocenters. The van der Waals surface area contributed by atoms with E-state index < -0.39 is 0 Å². The Hall–Kier alpha value is -0.520. The van der Waals surface area contributed by atoms with Crippen LogP contribution < -0.4 is 0 Å². The van der Waals surface area contributed by atoms with Gasteiger partial charge in [-0.25, -0.2) is 0 Å². The molecule has 0 aliphatic rings. The molecule has 0 amide bonds. The molecule has 0 radical (unpaired) electrons. The molecule has 0 heterocycles. The molecule has 0 aromatic rings. The molecule has 0 N–H and O–H groups in total. The van der Waals surface area contributed by atoms with Crippen molar-refractivity contribution < 1.29 is 0 Å². The summed E-state index contributed by atoms with van der Waals surface area (Å²) in [6, 6.07) is 0. The number of rotatable bonds is 12. The predicted octanol–water partition coefficient (Wildman–Crippen LogP) is 8.73. The van der Waals surface area contributed by atoms with E-state index in [4.69, 9.17) is 0 Å². The molecule has 0 unspecified atom stereocenters. The zero-order valence-electron chi connectivity index (χ0n) is 14.9. The first kappa shape index (κ1) is 28.6. The Kier molecular flexibility index (Phi) is 49.9. The van der Waals surface area contributed by atoms with E-state index in [0.717, 1.165) is 0 Å². The second-order valence-electron chi connectivity index (χ2n) is 5.26. The topological polar surface area (TPSA) is 0 Å². The van der Waals surface area contributed by atoms with E-state index in [9.17, 15) is 0 Å². The number of hydrogen-bond donors (Lipinski definition) is 0. The van der Waals surface area contributed by atoms with E-state index in [2.05, 4.69) is 40.5 Å². The maximum atomic E-state index is 3.66. The highest BCUT2D eigenvalue weighted by Crippen LogP contribution is 2.07. The van der Waals surface area contributed by atoms with E-state index in [1.165, 1.54) is 83.5 Å². The van der Waals surface area contributed by atoms with E-state index in [-0.39, 0.29) is 7.43 Å². The molecule has 0 fully saturated rings. The molecule has 0 spiro atoms. The second kappa shape index (κ2) is 36.6. The molecule has 0 aliphatic heterocycles. The lowest BCUT2D eigenvalue weighted by Crippen LogP contribution is -1.77. The first-order valence-electron chi connectivity index (χ1n) is 8.94. The van der Waals surface area contributed by atoms with Gasteiger partial charge in [-0.15, -0.1) is 19.7 Å². The largest absolute Gasteiger partial charge is 0.106 e. The van der Waals surface area contributed by atoms with Crippen LogP contribution in [0, 0.1) is 0 Å². The van der Waals surface area contributed by atoms with Crippen molar-refractivity contribution >= 4 is 0 Å². The average molecular weight is 299 g/mol. The number of allylic oxidation sites excluding steroid dienone is 1. The molecule has 0 aliphatic carbocycles. The third-order valence-electron chi connectivity index (χ3n) is 3.22. The highest BCUT2D eigenvalue weighted by molar-refractivity contribution is 4.64. The van der Waals surface area contributed by atoms with Crippen LogP contribution in [0.3, 0.4) is 0 Å². The van der Waals surface area contributed by atoms with Gasteiger partial charge in [0, 0.05) is 0 Å². The molecule has 130 valence electrons. The van der Waals surface area contributed by atoms with Crippen molar-refractivity contribution in [2.45, 2.75) is 112 Å². The average Bonchev–Trinajstić information content (AvgIpc) is 2.50. The molecule has 0 saturated carbocycles. The molecular weight excluding hydrogens is 252 g/mol. The Bertz CT molecular complexity index is 129. The number of hydrogen-bond acceptors (Lipinski definition) is 0. The maximum Gasteiger partial charge on any atom is -0.0353 e. The van der Waals surface area contributed by atoms with Crippen LogP contribution in [-0.2, 0) is 0 Å². The van der Waals surface area contributed by atoms with Crippen molar-refractivity contribution in [1.29, 1.82) is 0 Å². The lowest BCUT2D eigenvalue weighted by molar-refractivity contribution is 0.585. The van der Waals surface area contributed by atoms with Crippen molar-refractivity contribution in [3.8, 4) is 0 Å². The minimum absolute atomic E-state index is 0. The van der Waals surface area contributed by atoms with Gasteiger partial charge in [-0.2, -0.15) is 0 Å². The molecule has 21 heavy (non-hydrogen) atoms. The van der Waals surface area contributed by atoms with Gasteiger partial charge in [0.15, 0.2) is 0 Å². The molecule has 0 nitrogen and oxygen atoms in total. The van der Waals surface area contributed by atoms with Gasteiger partial charge in [0.05, 0.1) is 0 Å². The monoisotopic (exact) mass is 298 g/mol. The van der Waals surface area contributed by atoms with Crippen molar-refractivity contribution in [2.24, 2.45) is 0 Å². The highest BCUT2D eigenvalue weighted by atomic mass is 13.9. The zero-order chi connectivity index (χ0) is 15.9. The minimum Gasteiger partial charge on any atom is -0.106 e. The van der Waals surface area contributed by atoms with E-state index in [1.54, 1.807) is 0 Å². The highest BCUT2D eigenvalue weighted by Gasteiger charge is 1.87. The maximum absolute atomic E-state index is 3.66. The van der Waals surface area contributed by atoms with Crippen LogP contribution in [0.1, 0.15) is 112 Å². The van der Waals surface area contributed by atoms with Crippen LogP contribution in [0.25, 0.3) is 0 Å². The zero-order valence-corrected chi connectivity index (χ0v) is 14.9. The van der Waals surface area contributed by atoms with Crippen LogP contribution in [0.5, 0.6) is 0 Å². The first-order valence-corrected chi connectivity index (χ1v) is 8.94.